The van der Waals surface area contributed by atoms with E-state index in [1.54, 1.807) is 31.2 Å². The number of carbonyl (C=O) groups is 1. The molecule has 1 aromatic carbocycles. The van der Waals surface area contributed by atoms with E-state index >= 15 is 0 Å². The molecule has 0 bridgehead atoms. The van der Waals surface area contributed by atoms with E-state index in [9.17, 15) is 14.9 Å². The van der Waals surface area contributed by atoms with E-state index in [-0.39, 0.29) is 17.3 Å². The molecule has 0 aliphatic carbocycles. The fourth-order valence-corrected chi connectivity index (χ4v) is 1.85. The lowest BCUT2D eigenvalue weighted by Crippen LogP contribution is -2.37. The third-order valence-electron chi connectivity index (χ3n) is 2.98. The molecule has 6 heteroatoms. The Hall–Kier alpha value is -1.95. The van der Waals surface area contributed by atoms with Crippen molar-refractivity contribution < 1.29 is 14.5 Å². The van der Waals surface area contributed by atoms with Gasteiger partial charge in [-0.2, -0.15) is 0 Å². The van der Waals surface area contributed by atoms with Crippen molar-refractivity contribution in [2.24, 2.45) is 5.73 Å². The molecule has 1 aromatic rings. The summed E-state index contributed by atoms with van der Waals surface area (Å²) in [5.41, 5.74) is 5.55. The van der Waals surface area contributed by atoms with Gasteiger partial charge in [0.25, 0.3) is 0 Å². The molecule has 0 radical (unpaired) electrons. The highest BCUT2D eigenvalue weighted by molar-refractivity contribution is 5.72. The summed E-state index contributed by atoms with van der Waals surface area (Å²) in [6.07, 6.45) is 1.77. The molecule has 0 aliphatic heterocycles. The Kier molecular flexibility index (Phi) is 6.66. The predicted octanol–water partition coefficient (Wildman–Crippen LogP) is 2.14. The normalized spacial score (nSPS) is 13.5. The standard InChI is InChI=1S/C14H20N2O4/c1-11(15)13(16(18)19)9-5-6-10-14(17)20-12-7-3-2-4-8-12/h2-4,7-8,11,13H,5-6,9-10,15H2,1H3. The number of nitrogens with zero attached hydrogens (tertiary/aromatic N) is 1. The van der Waals surface area contributed by atoms with Crippen molar-refractivity contribution in [3.05, 3.63) is 40.4 Å². The molecule has 1 rings (SSSR count). The van der Waals surface area contributed by atoms with Crippen LogP contribution in [0, 0.1) is 10.1 Å². The van der Waals surface area contributed by atoms with Gasteiger partial charge in [-0.1, -0.05) is 18.2 Å². The van der Waals surface area contributed by atoms with Gasteiger partial charge in [0.05, 0.1) is 6.04 Å². The number of rotatable bonds is 8. The van der Waals surface area contributed by atoms with Crippen molar-refractivity contribution in [3.8, 4) is 5.75 Å². The SMILES string of the molecule is CC(N)C(CCCCC(=O)Oc1ccccc1)[N+](=O)[O-]. The third kappa shape index (κ3) is 5.79. The number of hydrogen-bond acceptors (Lipinski definition) is 5. The second-order valence-corrected chi connectivity index (χ2v) is 4.74. The maximum Gasteiger partial charge on any atom is 0.311 e. The number of unbranched alkanes of at least 4 members (excludes halogenated alkanes) is 1. The first kappa shape index (κ1) is 16.1. The first-order valence-corrected chi connectivity index (χ1v) is 6.65. The van der Waals surface area contributed by atoms with Crippen LogP contribution in [0.5, 0.6) is 5.75 Å². The van der Waals surface area contributed by atoms with Crippen molar-refractivity contribution in [2.75, 3.05) is 0 Å². The zero-order chi connectivity index (χ0) is 15.0. The van der Waals surface area contributed by atoms with Crippen LogP contribution in [-0.4, -0.2) is 23.0 Å². The van der Waals surface area contributed by atoms with E-state index < -0.39 is 12.1 Å². The van der Waals surface area contributed by atoms with Gasteiger partial charge in [0.2, 0.25) is 6.04 Å². The Balaban J connectivity index is 2.24. The summed E-state index contributed by atoms with van der Waals surface area (Å²) in [5, 5.41) is 10.7. The molecule has 0 amide bonds. The molecule has 110 valence electrons. The first-order chi connectivity index (χ1) is 9.50. The molecule has 0 heterocycles. The molecule has 0 spiro atoms. The molecular weight excluding hydrogens is 260 g/mol. The fraction of sp³-hybridized carbons (Fsp3) is 0.500. The Morgan fingerprint density at radius 1 is 1.35 bits per heavy atom. The molecule has 20 heavy (non-hydrogen) atoms. The van der Waals surface area contributed by atoms with Gasteiger partial charge in [-0.3, -0.25) is 14.9 Å². The van der Waals surface area contributed by atoms with Crippen LogP contribution in [0.25, 0.3) is 0 Å². The average molecular weight is 280 g/mol. The van der Waals surface area contributed by atoms with Crippen LogP contribution in [0.15, 0.2) is 30.3 Å². The van der Waals surface area contributed by atoms with E-state index in [0.29, 0.717) is 25.0 Å². The fourth-order valence-electron chi connectivity index (χ4n) is 1.85. The lowest BCUT2D eigenvalue weighted by atomic mass is 10.0. The summed E-state index contributed by atoms with van der Waals surface area (Å²) in [7, 11) is 0. The first-order valence-electron chi connectivity index (χ1n) is 6.65. The Labute approximate surface area is 118 Å². The molecule has 2 unspecified atom stereocenters. The van der Waals surface area contributed by atoms with Crippen molar-refractivity contribution in [1.29, 1.82) is 0 Å². The highest BCUT2D eigenvalue weighted by Crippen LogP contribution is 2.12. The largest absolute Gasteiger partial charge is 0.427 e. The Bertz CT molecular complexity index is 434. The van der Waals surface area contributed by atoms with E-state index in [0.717, 1.165) is 0 Å². The van der Waals surface area contributed by atoms with Gasteiger partial charge in [0, 0.05) is 17.8 Å². The smallest absolute Gasteiger partial charge is 0.311 e. The van der Waals surface area contributed by atoms with Gasteiger partial charge in [0.15, 0.2) is 0 Å². The zero-order valence-electron chi connectivity index (χ0n) is 11.5. The zero-order valence-corrected chi connectivity index (χ0v) is 11.5. The molecule has 2 atom stereocenters. The van der Waals surface area contributed by atoms with Crippen molar-refractivity contribution in [2.45, 2.75) is 44.7 Å². The maximum absolute atomic E-state index is 11.5. The van der Waals surface area contributed by atoms with Gasteiger partial charge in [-0.15, -0.1) is 0 Å². The van der Waals surface area contributed by atoms with Crippen LogP contribution < -0.4 is 10.5 Å². The Morgan fingerprint density at radius 2 is 2.00 bits per heavy atom. The topological polar surface area (TPSA) is 95.5 Å². The van der Waals surface area contributed by atoms with E-state index in [1.165, 1.54) is 0 Å². The number of carbonyl (C=O) groups excluding carboxylic acids is 1. The van der Waals surface area contributed by atoms with Crippen molar-refractivity contribution >= 4 is 5.97 Å². The van der Waals surface area contributed by atoms with Crippen LogP contribution >= 0.6 is 0 Å². The summed E-state index contributed by atoms with van der Waals surface area (Å²) in [6, 6.07) is 7.58. The number of hydrogen-bond donors (Lipinski definition) is 1. The van der Waals surface area contributed by atoms with Crippen molar-refractivity contribution in [3.63, 3.8) is 0 Å². The summed E-state index contributed by atoms with van der Waals surface area (Å²) < 4.78 is 5.12. The minimum Gasteiger partial charge on any atom is -0.427 e. The lowest BCUT2D eigenvalue weighted by molar-refractivity contribution is -0.526. The van der Waals surface area contributed by atoms with Crippen LogP contribution in [-0.2, 0) is 4.79 Å². The van der Waals surface area contributed by atoms with Crippen molar-refractivity contribution in [1.82, 2.24) is 0 Å². The van der Waals surface area contributed by atoms with E-state index in [1.807, 2.05) is 6.07 Å². The quantitative estimate of drug-likeness (QED) is 0.259. The predicted molar refractivity (Wildman–Crippen MR) is 75.0 cm³/mol. The molecule has 6 nitrogen and oxygen atoms in total. The number of benzene rings is 1. The van der Waals surface area contributed by atoms with Crippen LogP contribution in [0.1, 0.15) is 32.6 Å². The van der Waals surface area contributed by atoms with Gasteiger partial charge in [-0.05, 0) is 31.9 Å². The number of ether oxygens (including phenoxy) is 1. The number of nitrogens with two attached hydrogens (primary N) is 1. The van der Waals surface area contributed by atoms with Gasteiger partial charge in [-0.25, -0.2) is 0 Å². The summed E-state index contributed by atoms with van der Waals surface area (Å²) in [4.78, 5) is 21.9. The number of esters is 1. The van der Waals surface area contributed by atoms with Crippen LogP contribution in [0.4, 0.5) is 0 Å². The molecule has 0 aromatic heterocycles. The number of nitro groups is 1. The van der Waals surface area contributed by atoms with E-state index in [2.05, 4.69) is 0 Å². The molecule has 2 N–H and O–H groups in total. The molecule has 0 saturated carbocycles. The average Bonchev–Trinajstić information content (AvgIpc) is 2.38. The molecule has 0 aliphatic rings. The van der Waals surface area contributed by atoms with E-state index in [4.69, 9.17) is 10.5 Å². The molecule has 0 fully saturated rings. The highest BCUT2D eigenvalue weighted by Gasteiger charge is 2.24. The Morgan fingerprint density at radius 3 is 2.55 bits per heavy atom. The summed E-state index contributed by atoms with van der Waals surface area (Å²) in [5.74, 6) is 0.186. The lowest BCUT2D eigenvalue weighted by Gasteiger charge is -2.12. The summed E-state index contributed by atoms with van der Waals surface area (Å²) >= 11 is 0. The molecular formula is C14H20N2O4. The van der Waals surface area contributed by atoms with Gasteiger partial charge < -0.3 is 10.5 Å². The monoisotopic (exact) mass is 280 g/mol. The van der Waals surface area contributed by atoms with Gasteiger partial charge in [0.1, 0.15) is 5.75 Å². The minimum absolute atomic E-state index is 0.248. The third-order valence-corrected chi connectivity index (χ3v) is 2.98. The van der Waals surface area contributed by atoms with Gasteiger partial charge >= 0.3 is 5.97 Å². The number of para-hydroxylation sites is 1. The van der Waals surface area contributed by atoms with Crippen LogP contribution in [0.2, 0.25) is 0 Å². The second-order valence-electron chi connectivity index (χ2n) is 4.74. The van der Waals surface area contributed by atoms with Crippen LogP contribution in [0.3, 0.4) is 0 Å². The molecule has 0 saturated heterocycles. The highest BCUT2D eigenvalue weighted by atomic mass is 16.6. The second kappa shape index (κ2) is 8.27. The maximum atomic E-state index is 11.5. The minimum atomic E-state index is -0.750. The summed E-state index contributed by atoms with van der Waals surface area (Å²) in [6.45, 7) is 1.62.